The first-order valence-electron chi connectivity index (χ1n) is 9.05. The molecule has 0 aliphatic carbocycles. The van der Waals surface area contributed by atoms with Gasteiger partial charge in [0.05, 0.1) is 26.5 Å². The van der Waals surface area contributed by atoms with Crippen LogP contribution in [0, 0.1) is 0 Å². The molecule has 0 N–H and O–H groups in total. The van der Waals surface area contributed by atoms with Crippen molar-refractivity contribution in [1.82, 2.24) is 9.55 Å². The van der Waals surface area contributed by atoms with E-state index in [2.05, 4.69) is 4.98 Å². The molecule has 1 unspecified atom stereocenters. The normalized spacial score (nSPS) is 13.5. The second kappa shape index (κ2) is 7.78. The highest BCUT2D eigenvalue weighted by molar-refractivity contribution is 6.32. The Hall–Kier alpha value is -2.25. The van der Waals surface area contributed by atoms with Crippen molar-refractivity contribution in [2.24, 2.45) is 0 Å². The number of ether oxygens (including phenoxy) is 1. The van der Waals surface area contributed by atoms with Gasteiger partial charge >= 0.3 is 12.1 Å². The molecule has 0 saturated carbocycles. The Kier molecular flexibility index (Phi) is 5.82. The molecule has 0 radical (unpaired) electrons. The highest BCUT2D eigenvalue weighted by Crippen LogP contribution is 2.39. The number of imidazole rings is 1. The molecule has 1 atom stereocenters. The van der Waals surface area contributed by atoms with Crippen LogP contribution >= 0.6 is 23.2 Å². The minimum Gasteiger partial charge on any atom is -0.458 e. The number of hydrogen-bond acceptors (Lipinski definition) is 3. The van der Waals surface area contributed by atoms with Gasteiger partial charge < -0.3 is 4.74 Å². The summed E-state index contributed by atoms with van der Waals surface area (Å²) in [6.07, 6.45) is -5.04. The van der Waals surface area contributed by atoms with Crippen LogP contribution in [-0.2, 0) is 20.6 Å². The molecule has 4 nitrogen and oxygen atoms in total. The van der Waals surface area contributed by atoms with Crippen molar-refractivity contribution in [3.63, 3.8) is 0 Å². The molecular formula is C21H19Cl2F3N2O2. The van der Waals surface area contributed by atoms with Crippen LogP contribution in [0.5, 0.6) is 0 Å². The van der Waals surface area contributed by atoms with Gasteiger partial charge in [-0.1, -0.05) is 23.7 Å². The quantitative estimate of drug-likeness (QED) is 0.319. The molecule has 0 aliphatic heterocycles. The Bertz CT molecular complexity index is 1100. The monoisotopic (exact) mass is 458 g/mol. The van der Waals surface area contributed by atoms with Crippen LogP contribution in [0.3, 0.4) is 0 Å². The Morgan fingerprint density at radius 3 is 2.27 bits per heavy atom. The summed E-state index contributed by atoms with van der Waals surface area (Å²) in [6.45, 7) is 6.48. The van der Waals surface area contributed by atoms with E-state index >= 15 is 0 Å². The molecule has 30 heavy (non-hydrogen) atoms. The number of benzene rings is 2. The van der Waals surface area contributed by atoms with Crippen LogP contribution in [0.2, 0.25) is 5.02 Å². The second-order valence-electron chi connectivity index (χ2n) is 7.40. The number of esters is 1. The lowest BCUT2D eigenvalue weighted by molar-refractivity contribution is -0.145. The van der Waals surface area contributed by atoms with Crippen LogP contribution < -0.4 is 0 Å². The van der Waals surface area contributed by atoms with E-state index in [0.717, 1.165) is 11.6 Å². The molecule has 0 bridgehead atoms. The number of halogens is 5. The summed E-state index contributed by atoms with van der Waals surface area (Å²) in [4.78, 5) is 14.6. The second-order valence-corrected chi connectivity index (χ2v) is 8.76. The zero-order valence-electron chi connectivity index (χ0n) is 16.6. The number of rotatable bonds is 4. The molecule has 160 valence electrons. The summed E-state index contributed by atoms with van der Waals surface area (Å²) >= 11 is 12.4. The van der Waals surface area contributed by atoms with Crippen LogP contribution in [0.25, 0.3) is 16.7 Å². The van der Waals surface area contributed by atoms with Crippen molar-refractivity contribution in [2.45, 2.75) is 44.8 Å². The molecule has 0 fully saturated rings. The van der Waals surface area contributed by atoms with Gasteiger partial charge in [0, 0.05) is 12.6 Å². The highest BCUT2D eigenvalue weighted by atomic mass is 35.5. The highest BCUT2D eigenvalue weighted by Gasteiger charge is 2.35. The summed E-state index contributed by atoms with van der Waals surface area (Å²) in [5.74, 6) is -0.0243. The van der Waals surface area contributed by atoms with Gasteiger partial charge in [-0.2, -0.15) is 13.2 Å². The van der Waals surface area contributed by atoms with Gasteiger partial charge in [0.15, 0.2) is 0 Å². The predicted octanol–water partition coefficient (Wildman–Crippen LogP) is 6.80. The van der Waals surface area contributed by atoms with Gasteiger partial charge in [0.1, 0.15) is 11.9 Å². The predicted molar refractivity (Wildman–Crippen MR) is 110 cm³/mol. The maximum atomic E-state index is 13.3. The molecular weight excluding hydrogens is 440 g/mol. The van der Waals surface area contributed by atoms with Gasteiger partial charge in [0.2, 0.25) is 0 Å². The summed E-state index contributed by atoms with van der Waals surface area (Å²) in [5.41, 5.74) is 0.981. The number of nitrogens with zero attached hydrogens (tertiary/aromatic N) is 2. The number of hydrogen-bond donors (Lipinski definition) is 0. The lowest BCUT2D eigenvalue weighted by Crippen LogP contribution is -2.15. The first-order valence-corrected chi connectivity index (χ1v) is 9.80. The van der Waals surface area contributed by atoms with E-state index in [1.165, 1.54) is 13.0 Å². The first-order chi connectivity index (χ1) is 13.8. The minimum atomic E-state index is -4.60. The maximum Gasteiger partial charge on any atom is 0.417 e. The average Bonchev–Trinajstić information content (AvgIpc) is 2.98. The Morgan fingerprint density at radius 2 is 1.77 bits per heavy atom. The number of carbonyl (C=O) groups is 1. The van der Waals surface area contributed by atoms with Gasteiger partial charge in [0.25, 0.3) is 0 Å². The van der Waals surface area contributed by atoms with E-state index in [0.29, 0.717) is 17.0 Å². The third-order valence-corrected chi connectivity index (χ3v) is 5.03. The molecule has 9 heteroatoms. The van der Waals surface area contributed by atoms with E-state index in [-0.39, 0.29) is 5.52 Å². The SMILES string of the molecule is CC(=O)OC(C)c1ccc(-n2c(C(C)(C)Cl)nc3cc(C(F)(F)F)c(Cl)cc32)cc1. The Morgan fingerprint density at radius 1 is 1.17 bits per heavy atom. The van der Waals surface area contributed by atoms with Crippen LogP contribution in [-0.4, -0.2) is 15.5 Å². The van der Waals surface area contributed by atoms with Crippen molar-refractivity contribution in [3.8, 4) is 5.69 Å². The molecule has 3 rings (SSSR count). The van der Waals surface area contributed by atoms with Crippen molar-refractivity contribution in [3.05, 3.63) is 58.4 Å². The molecule has 1 aromatic heterocycles. The molecule has 0 saturated heterocycles. The zero-order valence-corrected chi connectivity index (χ0v) is 18.2. The molecule has 2 aromatic carbocycles. The van der Waals surface area contributed by atoms with Gasteiger partial charge in [-0.15, -0.1) is 11.6 Å². The number of aromatic nitrogens is 2. The van der Waals surface area contributed by atoms with Crippen molar-refractivity contribution >= 4 is 40.2 Å². The molecule has 0 aliphatic rings. The van der Waals surface area contributed by atoms with E-state index in [4.69, 9.17) is 27.9 Å². The first kappa shape index (κ1) is 22.4. The van der Waals surface area contributed by atoms with Gasteiger partial charge in [-0.3, -0.25) is 9.36 Å². The van der Waals surface area contributed by atoms with Crippen molar-refractivity contribution in [2.75, 3.05) is 0 Å². The third kappa shape index (κ3) is 4.42. The largest absolute Gasteiger partial charge is 0.458 e. The Labute approximate surface area is 181 Å². The van der Waals surface area contributed by atoms with E-state index < -0.39 is 33.7 Å². The molecule has 0 amide bonds. The molecule has 0 spiro atoms. The maximum absolute atomic E-state index is 13.3. The van der Waals surface area contributed by atoms with Crippen LogP contribution in [0.15, 0.2) is 36.4 Å². The fourth-order valence-electron chi connectivity index (χ4n) is 3.19. The molecule has 1 heterocycles. The fraction of sp³-hybridized carbons (Fsp3) is 0.333. The molecule has 3 aromatic rings. The Balaban J connectivity index is 2.19. The van der Waals surface area contributed by atoms with E-state index in [9.17, 15) is 18.0 Å². The number of carbonyl (C=O) groups excluding carboxylic acids is 1. The van der Waals surface area contributed by atoms with E-state index in [1.54, 1.807) is 49.6 Å². The summed E-state index contributed by atoms with van der Waals surface area (Å²) < 4.78 is 46.7. The summed E-state index contributed by atoms with van der Waals surface area (Å²) in [7, 11) is 0. The van der Waals surface area contributed by atoms with Gasteiger partial charge in [-0.05, 0) is 50.6 Å². The number of fused-ring (bicyclic) bond motifs is 1. The lowest BCUT2D eigenvalue weighted by Gasteiger charge is -2.19. The zero-order chi connectivity index (χ0) is 22.4. The summed E-state index contributed by atoms with van der Waals surface area (Å²) in [5, 5.41) is -0.421. The van der Waals surface area contributed by atoms with Gasteiger partial charge in [-0.25, -0.2) is 4.98 Å². The lowest BCUT2D eigenvalue weighted by atomic mass is 10.1. The summed E-state index contributed by atoms with van der Waals surface area (Å²) in [6, 6.07) is 9.23. The topological polar surface area (TPSA) is 44.1 Å². The van der Waals surface area contributed by atoms with Crippen molar-refractivity contribution < 1.29 is 22.7 Å². The van der Waals surface area contributed by atoms with Crippen LogP contribution in [0.4, 0.5) is 13.2 Å². The standard InChI is InChI=1S/C21H19Cl2F3N2O2/c1-11(30-12(2)29)13-5-7-14(8-6-13)28-18-10-16(22)15(21(24,25)26)9-17(18)27-19(28)20(3,4)23/h5-11H,1-4H3. The van der Waals surface area contributed by atoms with E-state index in [1.807, 2.05) is 0 Å². The minimum absolute atomic E-state index is 0.132. The number of alkyl halides is 4. The van der Waals surface area contributed by atoms with Crippen molar-refractivity contribution in [1.29, 1.82) is 0 Å². The average molecular weight is 459 g/mol. The fourth-order valence-corrected chi connectivity index (χ4v) is 3.58. The van der Waals surface area contributed by atoms with Crippen LogP contribution in [0.1, 0.15) is 50.8 Å². The third-order valence-electron chi connectivity index (χ3n) is 4.54. The smallest absolute Gasteiger partial charge is 0.417 e.